The van der Waals surface area contributed by atoms with Gasteiger partial charge in [-0.3, -0.25) is 4.79 Å². The molecule has 3 aromatic rings. The van der Waals surface area contributed by atoms with Gasteiger partial charge >= 0.3 is 0 Å². The zero-order chi connectivity index (χ0) is 21.5. The van der Waals surface area contributed by atoms with Crippen molar-refractivity contribution >= 4 is 45.0 Å². The molecule has 0 aliphatic carbocycles. The van der Waals surface area contributed by atoms with Crippen molar-refractivity contribution < 1.29 is 4.79 Å². The number of benzene rings is 2. The Bertz CT molecular complexity index is 988. The summed E-state index contributed by atoms with van der Waals surface area (Å²) in [5.74, 6) is -0.149. The van der Waals surface area contributed by atoms with Crippen molar-refractivity contribution in [1.29, 1.82) is 0 Å². The summed E-state index contributed by atoms with van der Waals surface area (Å²) in [7, 11) is 0. The monoisotopic (exact) mass is 507 g/mol. The van der Waals surface area contributed by atoms with Gasteiger partial charge in [0.25, 0.3) is 5.91 Å². The van der Waals surface area contributed by atoms with E-state index in [1.807, 2.05) is 28.8 Å². The lowest BCUT2D eigenvalue weighted by Crippen LogP contribution is -2.24. The minimum atomic E-state index is -0.149. The van der Waals surface area contributed by atoms with Gasteiger partial charge in [-0.15, -0.1) is 0 Å². The summed E-state index contributed by atoms with van der Waals surface area (Å²) < 4.78 is 2.97. The fourth-order valence-electron chi connectivity index (χ4n) is 3.27. The number of carbonyl (C=O) groups is 1. The Morgan fingerprint density at radius 3 is 2.63 bits per heavy atom. The van der Waals surface area contributed by atoms with E-state index >= 15 is 0 Å². The molecule has 4 nitrogen and oxygen atoms in total. The van der Waals surface area contributed by atoms with Gasteiger partial charge in [0, 0.05) is 27.3 Å². The zero-order valence-electron chi connectivity index (χ0n) is 16.7. The van der Waals surface area contributed by atoms with Crippen LogP contribution < -0.4 is 5.32 Å². The number of halogens is 3. The van der Waals surface area contributed by atoms with Crippen molar-refractivity contribution in [3.8, 4) is 0 Å². The molecular weight excluding hydrogens is 485 g/mol. The Balaban J connectivity index is 1.84. The van der Waals surface area contributed by atoms with Crippen LogP contribution in [0, 0.1) is 0 Å². The lowest BCUT2D eigenvalue weighted by molar-refractivity contribution is 0.0948. The van der Waals surface area contributed by atoms with Crippen LogP contribution >= 0.6 is 39.1 Å². The van der Waals surface area contributed by atoms with E-state index in [-0.39, 0.29) is 11.9 Å². The van der Waals surface area contributed by atoms with Crippen LogP contribution in [0.3, 0.4) is 0 Å². The van der Waals surface area contributed by atoms with Gasteiger partial charge in [0.15, 0.2) is 0 Å². The first-order chi connectivity index (χ1) is 14.5. The maximum atomic E-state index is 12.4. The van der Waals surface area contributed by atoms with Crippen LogP contribution in [0.2, 0.25) is 10.0 Å². The molecule has 1 amide bonds. The molecule has 7 heteroatoms. The highest BCUT2D eigenvalue weighted by Gasteiger charge is 2.19. The number of aromatic nitrogens is 2. The molecule has 0 saturated heterocycles. The molecule has 158 valence electrons. The molecule has 0 fully saturated rings. The first kappa shape index (κ1) is 22.9. The lowest BCUT2D eigenvalue weighted by Gasteiger charge is -2.20. The number of nitrogens with zero attached hydrogens (tertiary/aromatic N) is 2. The summed E-state index contributed by atoms with van der Waals surface area (Å²) in [4.78, 5) is 16.8. The topological polar surface area (TPSA) is 46.9 Å². The molecule has 1 unspecified atom stereocenters. The van der Waals surface area contributed by atoms with Crippen LogP contribution in [0.15, 0.2) is 59.5 Å². The van der Waals surface area contributed by atoms with Gasteiger partial charge in [-0.2, -0.15) is 0 Å². The summed E-state index contributed by atoms with van der Waals surface area (Å²) in [6, 6.07) is 13.6. The number of unbranched alkanes of at least 4 members (excludes halogenated alkanes) is 2. The van der Waals surface area contributed by atoms with Gasteiger partial charge in [-0.25, -0.2) is 4.98 Å². The molecule has 3 rings (SSSR count). The summed E-state index contributed by atoms with van der Waals surface area (Å²) in [6.07, 6.45) is 7.34. The first-order valence-electron chi connectivity index (χ1n) is 9.99. The third-order valence-corrected chi connectivity index (χ3v) is 6.06. The molecule has 1 atom stereocenters. The minimum Gasteiger partial charge on any atom is -0.351 e. The highest BCUT2D eigenvalue weighted by Crippen LogP contribution is 2.29. The predicted molar refractivity (Wildman–Crippen MR) is 127 cm³/mol. The predicted octanol–water partition coefficient (Wildman–Crippen LogP) is 6.70. The number of hydrogen-bond acceptors (Lipinski definition) is 2. The van der Waals surface area contributed by atoms with Crippen LogP contribution in [0.5, 0.6) is 0 Å². The van der Waals surface area contributed by atoms with E-state index in [1.165, 1.54) is 0 Å². The minimum absolute atomic E-state index is 0.0640. The van der Waals surface area contributed by atoms with Crippen LogP contribution in [-0.2, 0) is 6.42 Å². The van der Waals surface area contributed by atoms with Crippen LogP contribution in [0.1, 0.15) is 53.8 Å². The number of rotatable bonds is 9. The molecule has 1 N–H and O–H groups in total. The SMILES string of the molecule is CCCCCNC(=O)c1cn(C(Cc2ccc(Cl)cc2Cl)c2ccc(Br)cc2)cn1. The van der Waals surface area contributed by atoms with E-state index in [4.69, 9.17) is 23.2 Å². The van der Waals surface area contributed by atoms with Gasteiger partial charge < -0.3 is 9.88 Å². The van der Waals surface area contributed by atoms with Gasteiger partial charge in [0.2, 0.25) is 0 Å². The number of nitrogens with one attached hydrogen (secondary N) is 1. The summed E-state index contributed by atoms with van der Waals surface area (Å²) in [5.41, 5.74) is 2.49. The molecule has 30 heavy (non-hydrogen) atoms. The molecule has 0 aliphatic heterocycles. The molecule has 2 aromatic carbocycles. The van der Waals surface area contributed by atoms with Crippen LogP contribution in [-0.4, -0.2) is 22.0 Å². The highest BCUT2D eigenvalue weighted by atomic mass is 79.9. The Morgan fingerprint density at radius 2 is 1.93 bits per heavy atom. The molecule has 0 bridgehead atoms. The molecule has 0 spiro atoms. The summed E-state index contributed by atoms with van der Waals surface area (Å²) >= 11 is 16.0. The fourth-order valence-corrected chi connectivity index (χ4v) is 4.02. The first-order valence-corrected chi connectivity index (χ1v) is 11.5. The average molecular weight is 509 g/mol. The second kappa shape index (κ2) is 11.0. The zero-order valence-corrected chi connectivity index (χ0v) is 19.8. The smallest absolute Gasteiger partial charge is 0.271 e. The summed E-state index contributed by atoms with van der Waals surface area (Å²) in [5, 5.41) is 4.17. The number of imidazole rings is 1. The van der Waals surface area contributed by atoms with E-state index in [1.54, 1.807) is 18.6 Å². The normalized spacial score (nSPS) is 12.0. The molecule has 0 aliphatic rings. The quantitative estimate of drug-likeness (QED) is 0.326. The van der Waals surface area contributed by atoms with E-state index < -0.39 is 0 Å². The van der Waals surface area contributed by atoms with E-state index in [0.717, 1.165) is 34.9 Å². The third-order valence-electron chi connectivity index (χ3n) is 4.94. The second-order valence-corrected chi connectivity index (χ2v) is 8.94. The number of amides is 1. The second-order valence-electron chi connectivity index (χ2n) is 7.18. The van der Waals surface area contributed by atoms with E-state index in [9.17, 15) is 4.79 Å². The van der Waals surface area contributed by atoms with Crippen LogP contribution in [0.25, 0.3) is 0 Å². The molecule has 1 heterocycles. The molecule has 0 radical (unpaired) electrons. The molecule has 0 saturated carbocycles. The van der Waals surface area contributed by atoms with Crippen molar-refractivity contribution in [2.24, 2.45) is 0 Å². The molecule has 1 aromatic heterocycles. The standard InChI is InChI=1S/C23H24BrCl2N3O/c1-2-3-4-11-27-23(30)21-14-29(15-28-21)22(16-5-8-18(24)9-6-16)12-17-7-10-19(25)13-20(17)26/h5-10,13-15,22H,2-4,11-12H2,1H3,(H,27,30). The van der Waals surface area contributed by atoms with Gasteiger partial charge in [-0.05, 0) is 48.2 Å². The maximum absolute atomic E-state index is 12.4. The number of hydrogen-bond donors (Lipinski definition) is 1. The Hall–Kier alpha value is -1.82. The summed E-state index contributed by atoms with van der Waals surface area (Å²) in [6.45, 7) is 2.80. The number of carbonyl (C=O) groups excluding carboxylic acids is 1. The largest absolute Gasteiger partial charge is 0.351 e. The highest BCUT2D eigenvalue weighted by molar-refractivity contribution is 9.10. The molecular formula is C23H24BrCl2N3O. The van der Waals surface area contributed by atoms with Crippen molar-refractivity contribution in [2.75, 3.05) is 6.54 Å². The van der Waals surface area contributed by atoms with Gasteiger partial charge in [0.1, 0.15) is 5.69 Å². The van der Waals surface area contributed by atoms with E-state index in [0.29, 0.717) is 28.7 Å². The van der Waals surface area contributed by atoms with Crippen molar-refractivity contribution in [2.45, 2.75) is 38.6 Å². The Morgan fingerprint density at radius 1 is 1.17 bits per heavy atom. The Labute approximate surface area is 195 Å². The van der Waals surface area contributed by atoms with Gasteiger partial charge in [0.05, 0.1) is 12.4 Å². The van der Waals surface area contributed by atoms with Crippen molar-refractivity contribution in [3.05, 3.63) is 86.3 Å². The Kier molecular flexibility index (Phi) is 8.37. The van der Waals surface area contributed by atoms with E-state index in [2.05, 4.69) is 45.3 Å². The van der Waals surface area contributed by atoms with Crippen molar-refractivity contribution in [3.63, 3.8) is 0 Å². The average Bonchev–Trinajstić information content (AvgIpc) is 3.21. The fraction of sp³-hybridized carbons (Fsp3) is 0.304. The third kappa shape index (κ3) is 6.10. The van der Waals surface area contributed by atoms with Crippen LogP contribution in [0.4, 0.5) is 0 Å². The van der Waals surface area contributed by atoms with Gasteiger partial charge in [-0.1, -0.05) is 77.1 Å². The maximum Gasteiger partial charge on any atom is 0.271 e. The van der Waals surface area contributed by atoms with Crippen molar-refractivity contribution in [1.82, 2.24) is 14.9 Å². The lowest BCUT2D eigenvalue weighted by atomic mass is 9.98.